The Morgan fingerprint density at radius 2 is 1.76 bits per heavy atom. The van der Waals surface area contributed by atoms with Crippen LogP contribution in [0.5, 0.6) is 0 Å². The van der Waals surface area contributed by atoms with E-state index in [2.05, 4.69) is 4.72 Å². The summed E-state index contributed by atoms with van der Waals surface area (Å²) < 4.78 is 49.5. The standard InChI is InChI=1S/C13H19NO5S2/c1-9(2)10-3-5-11(6-4-10)21(18,19)14-12-7-20(16,17)8-13(12)15/h3-6,9,12-15H,7-8H2,1-2H3/t12-,13-/m0/s1. The average Bonchev–Trinajstić information content (AvgIpc) is 2.61. The van der Waals surface area contributed by atoms with Crippen molar-refractivity contribution in [1.29, 1.82) is 0 Å². The topological polar surface area (TPSA) is 101 Å². The Hall–Kier alpha value is -0.960. The summed E-state index contributed by atoms with van der Waals surface area (Å²) in [5.74, 6) is -0.499. The lowest BCUT2D eigenvalue weighted by molar-refractivity contribution is 0.176. The van der Waals surface area contributed by atoms with Gasteiger partial charge in [-0.25, -0.2) is 21.6 Å². The van der Waals surface area contributed by atoms with E-state index in [9.17, 15) is 21.9 Å². The van der Waals surface area contributed by atoms with E-state index >= 15 is 0 Å². The predicted octanol–water partition coefficient (Wildman–Crippen LogP) is 0.246. The fourth-order valence-electron chi connectivity index (χ4n) is 2.24. The molecular formula is C13H19NO5S2. The highest BCUT2D eigenvalue weighted by molar-refractivity contribution is 7.92. The third-order valence-corrected chi connectivity index (χ3v) is 6.71. The van der Waals surface area contributed by atoms with Crippen molar-refractivity contribution in [2.75, 3.05) is 11.5 Å². The Morgan fingerprint density at radius 1 is 1.19 bits per heavy atom. The Labute approximate surface area is 125 Å². The second-order valence-corrected chi connectivity index (χ2v) is 9.46. The van der Waals surface area contributed by atoms with Gasteiger partial charge in [0.15, 0.2) is 9.84 Å². The zero-order chi connectivity index (χ0) is 15.8. The number of benzene rings is 1. The molecule has 8 heteroatoms. The molecule has 1 fully saturated rings. The number of aliphatic hydroxyl groups excluding tert-OH is 1. The van der Waals surface area contributed by atoms with Crippen LogP contribution >= 0.6 is 0 Å². The Kier molecular flexibility index (Phi) is 4.44. The lowest BCUT2D eigenvalue weighted by atomic mass is 10.0. The first-order chi connectivity index (χ1) is 9.61. The molecule has 0 unspecified atom stereocenters. The van der Waals surface area contributed by atoms with Gasteiger partial charge in [-0.05, 0) is 23.6 Å². The van der Waals surface area contributed by atoms with Gasteiger partial charge in [0, 0.05) is 0 Å². The van der Waals surface area contributed by atoms with Crippen LogP contribution in [0.3, 0.4) is 0 Å². The summed E-state index contributed by atoms with van der Waals surface area (Å²) in [7, 11) is -7.24. The molecule has 1 aliphatic heterocycles. The SMILES string of the molecule is CC(C)c1ccc(S(=O)(=O)N[C@H]2CS(=O)(=O)C[C@@H]2O)cc1. The summed E-state index contributed by atoms with van der Waals surface area (Å²) in [6.07, 6.45) is -1.21. The van der Waals surface area contributed by atoms with Crippen LogP contribution in [-0.2, 0) is 19.9 Å². The smallest absolute Gasteiger partial charge is 0.240 e. The Balaban J connectivity index is 2.19. The highest BCUT2D eigenvalue weighted by Gasteiger charge is 2.38. The molecule has 1 aromatic carbocycles. The van der Waals surface area contributed by atoms with Crippen molar-refractivity contribution in [3.63, 3.8) is 0 Å². The van der Waals surface area contributed by atoms with Gasteiger partial charge < -0.3 is 5.11 Å². The van der Waals surface area contributed by atoms with Crippen LogP contribution in [0, 0.1) is 0 Å². The highest BCUT2D eigenvalue weighted by Crippen LogP contribution is 2.19. The normalized spacial score (nSPS) is 25.3. The molecule has 6 nitrogen and oxygen atoms in total. The molecule has 1 aliphatic rings. The summed E-state index contributed by atoms with van der Waals surface area (Å²) in [6.45, 7) is 4.00. The molecule has 0 aliphatic carbocycles. The molecule has 0 amide bonds. The third-order valence-electron chi connectivity index (χ3n) is 3.49. The van der Waals surface area contributed by atoms with Crippen molar-refractivity contribution >= 4 is 19.9 Å². The van der Waals surface area contributed by atoms with Gasteiger partial charge in [-0.3, -0.25) is 0 Å². The first kappa shape index (κ1) is 16.4. The van der Waals surface area contributed by atoms with E-state index in [-0.39, 0.29) is 16.6 Å². The van der Waals surface area contributed by atoms with Crippen LogP contribution in [0.1, 0.15) is 25.3 Å². The number of hydrogen-bond acceptors (Lipinski definition) is 5. The van der Waals surface area contributed by atoms with Crippen molar-refractivity contribution in [1.82, 2.24) is 4.72 Å². The van der Waals surface area contributed by atoms with Gasteiger partial charge in [-0.1, -0.05) is 26.0 Å². The third kappa shape index (κ3) is 3.82. The van der Waals surface area contributed by atoms with E-state index in [4.69, 9.17) is 0 Å². The Morgan fingerprint density at radius 3 is 2.19 bits per heavy atom. The lowest BCUT2D eigenvalue weighted by Crippen LogP contribution is -2.42. The quantitative estimate of drug-likeness (QED) is 0.822. The van der Waals surface area contributed by atoms with E-state index in [0.717, 1.165) is 5.56 Å². The summed E-state index contributed by atoms with van der Waals surface area (Å²) in [5.41, 5.74) is 1.01. The van der Waals surface area contributed by atoms with Gasteiger partial charge in [0.25, 0.3) is 0 Å². The minimum atomic E-state index is -3.84. The summed E-state index contributed by atoms with van der Waals surface area (Å²) in [4.78, 5) is 0.0587. The molecule has 0 spiro atoms. The second-order valence-electron chi connectivity index (χ2n) is 5.60. The summed E-state index contributed by atoms with van der Waals surface area (Å²) in [5, 5.41) is 9.65. The fraction of sp³-hybridized carbons (Fsp3) is 0.538. The maximum absolute atomic E-state index is 12.2. The van der Waals surface area contributed by atoms with Crippen LogP contribution < -0.4 is 4.72 Å². The van der Waals surface area contributed by atoms with Gasteiger partial charge in [-0.2, -0.15) is 0 Å². The molecule has 2 atom stereocenters. The minimum Gasteiger partial charge on any atom is -0.390 e. The molecule has 2 N–H and O–H groups in total. The number of rotatable bonds is 4. The van der Waals surface area contributed by atoms with Crippen molar-refractivity contribution in [3.8, 4) is 0 Å². The number of hydrogen-bond donors (Lipinski definition) is 2. The van der Waals surface area contributed by atoms with Gasteiger partial charge in [0.2, 0.25) is 10.0 Å². The van der Waals surface area contributed by atoms with Crippen molar-refractivity contribution in [2.24, 2.45) is 0 Å². The van der Waals surface area contributed by atoms with Crippen LogP contribution in [-0.4, -0.2) is 45.6 Å². The van der Waals surface area contributed by atoms with E-state index in [1.54, 1.807) is 12.1 Å². The Bertz CT molecular complexity index is 707. The molecule has 2 rings (SSSR count). The van der Waals surface area contributed by atoms with E-state index < -0.39 is 37.8 Å². The molecule has 21 heavy (non-hydrogen) atoms. The lowest BCUT2D eigenvalue weighted by Gasteiger charge is -2.15. The number of sulfonamides is 1. The average molecular weight is 333 g/mol. The predicted molar refractivity (Wildman–Crippen MR) is 79.3 cm³/mol. The van der Waals surface area contributed by atoms with Crippen LogP contribution in [0.4, 0.5) is 0 Å². The summed E-state index contributed by atoms with van der Waals surface area (Å²) in [6, 6.07) is 5.41. The molecule has 0 radical (unpaired) electrons. The van der Waals surface area contributed by atoms with E-state index in [1.807, 2.05) is 13.8 Å². The number of aliphatic hydroxyl groups is 1. The number of nitrogens with one attached hydrogen (secondary N) is 1. The van der Waals surface area contributed by atoms with E-state index in [1.165, 1.54) is 12.1 Å². The molecule has 0 saturated carbocycles. The molecular weight excluding hydrogens is 314 g/mol. The molecule has 1 saturated heterocycles. The summed E-state index contributed by atoms with van der Waals surface area (Å²) >= 11 is 0. The van der Waals surface area contributed by atoms with Crippen molar-refractivity contribution in [3.05, 3.63) is 29.8 Å². The molecule has 0 aromatic heterocycles. The molecule has 0 bridgehead atoms. The molecule has 1 aromatic rings. The van der Waals surface area contributed by atoms with Gasteiger partial charge >= 0.3 is 0 Å². The van der Waals surface area contributed by atoms with Gasteiger partial charge in [0.05, 0.1) is 28.5 Å². The minimum absolute atomic E-state index is 0.0587. The first-order valence-corrected chi connectivity index (χ1v) is 9.92. The van der Waals surface area contributed by atoms with Gasteiger partial charge in [0.1, 0.15) is 0 Å². The highest BCUT2D eigenvalue weighted by atomic mass is 32.2. The van der Waals surface area contributed by atoms with Crippen LogP contribution in [0.15, 0.2) is 29.2 Å². The first-order valence-electron chi connectivity index (χ1n) is 6.61. The maximum atomic E-state index is 12.2. The number of sulfone groups is 1. The zero-order valence-electron chi connectivity index (χ0n) is 11.9. The monoisotopic (exact) mass is 333 g/mol. The van der Waals surface area contributed by atoms with Gasteiger partial charge in [-0.15, -0.1) is 0 Å². The van der Waals surface area contributed by atoms with E-state index in [0.29, 0.717) is 0 Å². The fourth-order valence-corrected chi connectivity index (χ4v) is 5.36. The molecule has 118 valence electrons. The zero-order valence-corrected chi connectivity index (χ0v) is 13.5. The molecule has 1 heterocycles. The largest absolute Gasteiger partial charge is 0.390 e. The van der Waals surface area contributed by atoms with Crippen molar-refractivity contribution < 1.29 is 21.9 Å². The second kappa shape index (κ2) is 5.68. The van der Waals surface area contributed by atoms with Crippen molar-refractivity contribution in [2.45, 2.75) is 36.8 Å². The van der Waals surface area contributed by atoms with Crippen LogP contribution in [0.25, 0.3) is 0 Å². The van der Waals surface area contributed by atoms with Crippen LogP contribution in [0.2, 0.25) is 0 Å². The maximum Gasteiger partial charge on any atom is 0.240 e.